The van der Waals surface area contributed by atoms with Gasteiger partial charge in [-0.2, -0.15) is 0 Å². The van der Waals surface area contributed by atoms with Crippen LogP contribution in [0.4, 0.5) is 0 Å². The lowest BCUT2D eigenvalue weighted by Gasteiger charge is -2.29. The Morgan fingerprint density at radius 3 is 2.81 bits per heavy atom. The zero-order valence-electron chi connectivity index (χ0n) is 12.7. The van der Waals surface area contributed by atoms with Crippen LogP contribution in [-0.4, -0.2) is 50.0 Å². The van der Waals surface area contributed by atoms with E-state index in [1.807, 2.05) is 13.8 Å². The van der Waals surface area contributed by atoms with Crippen molar-refractivity contribution in [2.45, 2.75) is 13.8 Å². The molecule has 5 heteroatoms. The zero-order valence-corrected chi connectivity index (χ0v) is 13.4. The van der Waals surface area contributed by atoms with Gasteiger partial charge in [0.05, 0.1) is 12.2 Å². The van der Waals surface area contributed by atoms with Crippen LogP contribution in [0.15, 0.2) is 18.2 Å². The van der Waals surface area contributed by atoms with Crippen molar-refractivity contribution in [1.29, 1.82) is 0 Å². The predicted octanol–water partition coefficient (Wildman–Crippen LogP) is 2.46. The molecule has 1 heterocycles. The summed E-state index contributed by atoms with van der Waals surface area (Å²) in [5.41, 5.74) is 0.590. The number of hydrogen-bond acceptors (Lipinski definition) is 4. The molecule has 0 radical (unpaired) electrons. The van der Waals surface area contributed by atoms with Crippen LogP contribution in [0.25, 0.3) is 0 Å². The van der Waals surface area contributed by atoms with E-state index in [1.165, 1.54) is 0 Å². The van der Waals surface area contributed by atoms with E-state index in [9.17, 15) is 4.79 Å². The highest BCUT2D eigenvalue weighted by molar-refractivity contribution is 6.31. The van der Waals surface area contributed by atoms with Crippen LogP contribution >= 0.6 is 11.6 Å². The number of hydrogen-bond donors (Lipinski definition) is 1. The predicted molar refractivity (Wildman–Crippen MR) is 85.4 cm³/mol. The van der Waals surface area contributed by atoms with Gasteiger partial charge in [0, 0.05) is 43.7 Å². The highest BCUT2D eigenvalue weighted by Gasteiger charge is 2.22. The molecule has 1 atom stereocenters. The molecule has 1 saturated heterocycles. The molecule has 0 aromatic heterocycles. The molecule has 1 N–H and O–H groups in total. The van der Waals surface area contributed by atoms with Crippen LogP contribution in [0.1, 0.15) is 24.2 Å². The van der Waals surface area contributed by atoms with Gasteiger partial charge in [-0.1, -0.05) is 18.5 Å². The molecular weight excluding hydrogens is 288 g/mol. The van der Waals surface area contributed by atoms with Crippen molar-refractivity contribution in [2.75, 3.05) is 39.3 Å². The van der Waals surface area contributed by atoms with Crippen LogP contribution in [0.5, 0.6) is 5.75 Å². The molecule has 1 unspecified atom stereocenters. The Morgan fingerprint density at radius 1 is 1.43 bits per heavy atom. The molecule has 1 aromatic carbocycles. The highest BCUT2D eigenvalue weighted by Crippen LogP contribution is 2.26. The molecular formula is C16H23ClN2O2. The lowest BCUT2D eigenvalue weighted by Crippen LogP contribution is -2.45. The van der Waals surface area contributed by atoms with Crippen LogP contribution in [0, 0.1) is 5.92 Å². The number of carbonyl (C=O) groups is 1. The third-order valence-corrected chi connectivity index (χ3v) is 3.93. The molecule has 0 aliphatic carbocycles. The number of nitrogens with zero attached hydrogens (tertiary/aromatic N) is 1. The summed E-state index contributed by atoms with van der Waals surface area (Å²) in [4.78, 5) is 15.0. The van der Waals surface area contributed by atoms with Crippen molar-refractivity contribution in [3.05, 3.63) is 28.8 Å². The van der Waals surface area contributed by atoms with Crippen molar-refractivity contribution in [3.63, 3.8) is 0 Å². The van der Waals surface area contributed by atoms with Crippen LogP contribution in [0.3, 0.4) is 0 Å². The molecule has 2 rings (SSSR count). The summed E-state index contributed by atoms with van der Waals surface area (Å²) < 4.78 is 5.55. The maximum atomic E-state index is 12.7. The standard InChI is InChI=1S/C16H23ClN2O2/c1-3-21-15-5-4-13(17)10-14(15)16(20)12(2)11-19-8-6-18-7-9-19/h4-5,10,12,18H,3,6-9,11H2,1-2H3. The normalized spacial score (nSPS) is 17.5. The third-order valence-electron chi connectivity index (χ3n) is 3.70. The van der Waals surface area contributed by atoms with Gasteiger partial charge in [-0.05, 0) is 25.1 Å². The molecule has 1 aromatic rings. The molecule has 1 fully saturated rings. The van der Waals surface area contributed by atoms with Crippen molar-refractivity contribution in [1.82, 2.24) is 10.2 Å². The highest BCUT2D eigenvalue weighted by atomic mass is 35.5. The summed E-state index contributed by atoms with van der Waals surface area (Å²) in [6.07, 6.45) is 0. The Labute approximate surface area is 131 Å². The van der Waals surface area contributed by atoms with Crippen LogP contribution < -0.4 is 10.1 Å². The van der Waals surface area contributed by atoms with E-state index in [1.54, 1.807) is 18.2 Å². The third kappa shape index (κ3) is 4.43. The van der Waals surface area contributed by atoms with E-state index in [2.05, 4.69) is 10.2 Å². The first-order valence-electron chi connectivity index (χ1n) is 7.51. The van der Waals surface area contributed by atoms with Gasteiger partial charge in [0.1, 0.15) is 5.75 Å². The first kappa shape index (κ1) is 16.3. The Bertz CT molecular complexity index is 487. The van der Waals surface area contributed by atoms with Gasteiger partial charge < -0.3 is 15.0 Å². The average molecular weight is 311 g/mol. The van der Waals surface area contributed by atoms with Crippen molar-refractivity contribution < 1.29 is 9.53 Å². The van der Waals surface area contributed by atoms with Gasteiger partial charge in [0.15, 0.2) is 5.78 Å². The number of nitrogens with one attached hydrogen (secondary N) is 1. The molecule has 1 aliphatic rings. The topological polar surface area (TPSA) is 41.6 Å². The number of ketones is 1. The summed E-state index contributed by atoms with van der Waals surface area (Å²) in [6, 6.07) is 5.24. The number of rotatable bonds is 6. The largest absolute Gasteiger partial charge is 0.493 e. The smallest absolute Gasteiger partial charge is 0.170 e. The van der Waals surface area contributed by atoms with E-state index in [-0.39, 0.29) is 11.7 Å². The Balaban J connectivity index is 2.08. The first-order chi connectivity index (χ1) is 10.1. The average Bonchev–Trinajstić information content (AvgIpc) is 2.49. The summed E-state index contributed by atoms with van der Waals surface area (Å²) in [6.45, 7) is 9.15. The molecule has 0 saturated carbocycles. The molecule has 4 nitrogen and oxygen atoms in total. The number of halogens is 1. The molecule has 0 bridgehead atoms. The number of benzene rings is 1. The molecule has 0 spiro atoms. The summed E-state index contributed by atoms with van der Waals surface area (Å²) in [7, 11) is 0. The molecule has 21 heavy (non-hydrogen) atoms. The van der Waals surface area contributed by atoms with E-state index < -0.39 is 0 Å². The SMILES string of the molecule is CCOc1ccc(Cl)cc1C(=O)C(C)CN1CCNCC1. The second kappa shape index (κ2) is 7.78. The van der Waals surface area contributed by atoms with Crippen molar-refractivity contribution in [2.24, 2.45) is 5.92 Å². The fraction of sp³-hybridized carbons (Fsp3) is 0.562. The van der Waals surface area contributed by atoms with Gasteiger partial charge >= 0.3 is 0 Å². The summed E-state index contributed by atoms with van der Waals surface area (Å²) in [5.74, 6) is 0.652. The minimum Gasteiger partial charge on any atom is -0.493 e. The van der Waals surface area contributed by atoms with Crippen LogP contribution in [-0.2, 0) is 0 Å². The molecule has 0 amide bonds. The van der Waals surface area contributed by atoms with E-state index in [0.717, 1.165) is 32.7 Å². The molecule has 1 aliphatic heterocycles. The zero-order chi connectivity index (χ0) is 15.2. The summed E-state index contributed by atoms with van der Waals surface area (Å²) >= 11 is 6.03. The Morgan fingerprint density at radius 2 is 2.14 bits per heavy atom. The van der Waals surface area contributed by atoms with Gasteiger partial charge in [-0.15, -0.1) is 0 Å². The van der Waals surface area contributed by atoms with E-state index >= 15 is 0 Å². The number of piperazine rings is 1. The summed E-state index contributed by atoms with van der Waals surface area (Å²) in [5, 5.41) is 3.88. The monoisotopic (exact) mass is 310 g/mol. The maximum absolute atomic E-state index is 12.7. The fourth-order valence-corrected chi connectivity index (χ4v) is 2.78. The van der Waals surface area contributed by atoms with Crippen molar-refractivity contribution in [3.8, 4) is 5.75 Å². The van der Waals surface area contributed by atoms with Gasteiger partial charge in [0.25, 0.3) is 0 Å². The quantitative estimate of drug-likeness (QED) is 0.820. The van der Waals surface area contributed by atoms with Crippen molar-refractivity contribution >= 4 is 17.4 Å². The van der Waals surface area contributed by atoms with Crippen LogP contribution in [0.2, 0.25) is 5.02 Å². The minimum atomic E-state index is -0.0687. The number of Topliss-reactive ketones (excluding diaryl/α,β-unsaturated/α-hetero) is 1. The van der Waals surface area contributed by atoms with Gasteiger partial charge in [0.2, 0.25) is 0 Å². The van der Waals surface area contributed by atoms with E-state index in [0.29, 0.717) is 22.9 Å². The van der Waals surface area contributed by atoms with Gasteiger partial charge in [-0.25, -0.2) is 0 Å². The Kier molecular flexibility index (Phi) is 6.03. The van der Waals surface area contributed by atoms with Gasteiger partial charge in [-0.3, -0.25) is 4.79 Å². The van der Waals surface area contributed by atoms with E-state index in [4.69, 9.17) is 16.3 Å². The first-order valence-corrected chi connectivity index (χ1v) is 7.89. The second-order valence-electron chi connectivity index (χ2n) is 5.39. The molecule has 116 valence electrons. The maximum Gasteiger partial charge on any atom is 0.170 e. The lowest BCUT2D eigenvalue weighted by atomic mass is 9.97. The lowest BCUT2D eigenvalue weighted by molar-refractivity contribution is 0.0883. The number of ether oxygens (including phenoxy) is 1. The second-order valence-corrected chi connectivity index (χ2v) is 5.83. The fourth-order valence-electron chi connectivity index (χ4n) is 2.61. The minimum absolute atomic E-state index is 0.0687. The Hall–Kier alpha value is -1.10. The number of carbonyl (C=O) groups excluding carboxylic acids is 1.